The Hall–Kier alpha value is -0.610. The summed E-state index contributed by atoms with van der Waals surface area (Å²) < 4.78 is 0. The van der Waals surface area contributed by atoms with Crippen LogP contribution in [-0.4, -0.2) is 24.1 Å². The van der Waals surface area contributed by atoms with Gasteiger partial charge in [0.15, 0.2) is 5.13 Å². The van der Waals surface area contributed by atoms with Crippen LogP contribution in [0.25, 0.3) is 0 Å². The molecule has 1 saturated heterocycles. The molecule has 0 aromatic carbocycles. The standard InChI is InChI=1S/C15H25N3S/c1-4-11-9-8-10(2)18(11)15-17-14-12(16-3)6-5-7-13(14)19-15/h10-12,16H,4-9H2,1-3H3. The fraction of sp³-hybridized carbons (Fsp3) is 0.800. The fourth-order valence-electron chi connectivity index (χ4n) is 3.61. The molecule has 1 aliphatic carbocycles. The number of thiazole rings is 1. The van der Waals surface area contributed by atoms with Gasteiger partial charge >= 0.3 is 0 Å². The van der Waals surface area contributed by atoms with Crippen LogP contribution in [0.15, 0.2) is 0 Å². The zero-order chi connectivity index (χ0) is 13.4. The Balaban J connectivity index is 1.91. The number of rotatable bonds is 3. The number of fused-ring (bicyclic) bond motifs is 1. The smallest absolute Gasteiger partial charge is 0.186 e. The molecule has 4 heteroatoms. The largest absolute Gasteiger partial charge is 0.342 e. The lowest BCUT2D eigenvalue weighted by Crippen LogP contribution is -2.34. The first kappa shape index (κ1) is 13.4. The zero-order valence-electron chi connectivity index (χ0n) is 12.3. The monoisotopic (exact) mass is 279 g/mol. The van der Waals surface area contributed by atoms with Crippen molar-refractivity contribution in [3.8, 4) is 0 Å². The highest BCUT2D eigenvalue weighted by molar-refractivity contribution is 7.15. The van der Waals surface area contributed by atoms with E-state index < -0.39 is 0 Å². The number of aryl methyl sites for hydroxylation is 1. The van der Waals surface area contributed by atoms with Gasteiger partial charge in [0.2, 0.25) is 0 Å². The van der Waals surface area contributed by atoms with Gasteiger partial charge in [-0.15, -0.1) is 11.3 Å². The molecule has 1 aliphatic heterocycles. The van der Waals surface area contributed by atoms with E-state index >= 15 is 0 Å². The van der Waals surface area contributed by atoms with Gasteiger partial charge in [0.05, 0.1) is 11.7 Å². The lowest BCUT2D eigenvalue weighted by molar-refractivity contribution is 0.489. The van der Waals surface area contributed by atoms with Crippen LogP contribution in [0.5, 0.6) is 0 Å². The number of nitrogens with zero attached hydrogens (tertiary/aromatic N) is 2. The topological polar surface area (TPSA) is 28.2 Å². The van der Waals surface area contributed by atoms with E-state index in [1.807, 2.05) is 11.3 Å². The highest BCUT2D eigenvalue weighted by Gasteiger charge is 2.33. The second kappa shape index (κ2) is 5.41. The second-order valence-corrected chi connectivity index (χ2v) is 7.00. The summed E-state index contributed by atoms with van der Waals surface area (Å²) in [6.07, 6.45) is 7.65. The van der Waals surface area contributed by atoms with Crippen molar-refractivity contribution < 1.29 is 0 Å². The SMILES string of the molecule is CCC1CCC(C)N1c1nc2c(s1)CCCC2NC. The minimum Gasteiger partial charge on any atom is -0.342 e. The molecule has 0 spiro atoms. The molecule has 106 valence electrons. The zero-order valence-corrected chi connectivity index (χ0v) is 13.1. The third-order valence-electron chi connectivity index (χ3n) is 4.77. The van der Waals surface area contributed by atoms with E-state index in [0.29, 0.717) is 18.1 Å². The molecule has 1 aromatic heterocycles. The highest BCUT2D eigenvalue weighted by atomic mass is 32.1. The predicted molar refractivity (Wildman–Crippen MR) is 82.1 cm³/mol. The lowest BCUT2D eigenvalue weighted by atomic mass is 9.98. The molecule has 2 heterocycles. The lowest BCUT2D eigenvalue weighted by Gasteiger charge is -2.27. The van der Waals surface area contributed by atoms with Crippen LogP contribution < -0.4 is 10.2 Å². The molecule has 0 bridgehead atoms. The molecule has 3 nitrogen and oxygen atoms in total. The third kappa shape index (κ3) is 2.29. The van der Waals surface area contributed by atoms with E-state index in [9.17, 15) is 0 Å². The summed E-state index contributed by atoms with van der Waals surface area (Å²) in [7, 11) is 2.06. The van der Waals surface area contributed by atoms with E-state index in [1.54, 1.807) is 0 Å². The molecule has 0 amide bonds. The number of anilines is 1. The summed E-state index contributed by atoms with van der Waals surface area (Å²) in [4.78, 5) is 9.13. The minimum atomic E-state index is 0.478. The summed E-state index contributed by atoms with van der Waals surface area (Å²) in [5, 5.41) is 4.71. The third-order valence-corrected chi connectivity index (χ3v) is 5.91. The van der Waals surface area contributed by atoms with Crippen LogP contribution in [0.2, 0.25) is 0 Å². The molecule has 1 fully saturated rings. The van der Waals surface area contributed by atoms with Gasteiger partial charge in [-0.25, -0.2) is 4.98 Å². The first-order valence-electron chi connectivity index (χ1n) is 7.69. The number of nitrogens with one attached hydrogen (secondary N) is 1. The maximum absolute atomic E-state index is 5.02. The number of hydrogen-bond donors (Lipinski definition) is 1. The van der Waals surface area contributed by atoms with E-state index in [-0.39, 0.29) is 0 Å². The highest BCUT2D eigenvalue weighted by Crippen LogP contribution is 2.40. The maximum Gasteiger partial charge on any atom is 0.186 e. The van der Waals surface area contributed by atoms with Gasteiger partial charge in [0.1, 0.15) is 0 Å². The van der Waals surface area contributed by atoms with E-state index in [0.717, 1.165) is 0 Å². The summed E-state index contributed by atoms with van der Waals surface area (Å²) >= 11 is 1.95. The Kier molecular flexibility index (Phi) is 3.81. The molecule has 3 unspecified atom stereocenters. The van der Waals surface area contributed by atoms with Gasteiger partial charge in [-0.3, -0.25) is 0 Å². The van der Waals surface area contributed by atoms with Gasteiger partial charge < -0.3 is 10.2 Å². The summed E-state index contributed by atoms with van der Waals surface area (Å²) in [5.41, 5.74) is 1.34. The Morgan fingerprint density at radius 3 is 2.95 bits per heavy atom. The van der Waals surface area contributed by atoms with Crippen LogP contribution in [0, 0.1) is 0 Å². The van der Waals surface area contributed by atoms with Crippen LogP contribution in [0.4, 0.5) is 5.13 Å². The van der Waals surface area contributed by atoms with Crippen molar-refractivity contribution in [1.29, 1.82) is 0 Å². The summed E-state index contributed by atoms with van der Waals surface area (Å²) in [6, 6.07) is 1.84. The van der Waals surface area contributed by atoms with Crippen molar-refractivity contribution in [2.45, 2.75) is 70.5 Å². The van der Waals surface area contributed by atoms with Crippen molar-refractivity contribution in [1.82, 2.24) is 10.3 Å². The van der Waals surface area contributed by atoms with Gasteiger partial charge in [0, 0.05) is 17.0 Å². The van der Waals surface area contributed by atoms with Crippen molar-refractivity contribution >= 4 is 16.5 Å². The van der Waals surface area contributed by atoms with E-state index in [4.69, 9.17) is 4.98 Å². The summed E-state index contributed by atoms with van der Waals surface area (Å²) in [6.45, 7) is 4.66. The number of hydrogen-bond acceptors (Lipinski definition) is 4. The average Bonchev–Trinajstić information content (AvgIpc) is 3.00. The van der Waals surface area contributed by atoms with Gasteiger partial charge in [0.25, 0.3) is 0 Å². The van der Waals surface area contributed by atoms with Gasteiger partial charge in [-0.1, -0.05) is 6.92 Å². The second-order valence-electron chi connectivity index (χ2n) is 5.93. The normalized spacial score (nSPS) is 30.7. The molecule has 2 aliphatic rings. The maximum atomic E-state index is 5.02. The van der Waals surface area contributed by atoms with Crippen molar-refractivity contribution in [2.24, 2.45) is 0 Å². The van der Waals surface area contributed by atoms with Crippen LogP contribution >= 0.6 is 11.3 Å². The molecule has 0 radical (unpaired) electrons. The van der Waals surface area contributed by atoms with E-state index in [2.05, 4.69) is 31.1 Å². The Labute approximate surface area is 120 Å². The molecule has 3 atom stereocenters. The molecule has 0 saturated carbocycles. The predicted octanol–water partition coefficient (Wildman–Crippen LogP) is 3.51. The molecule has 19 heavy (non-hydrogen) atoms. The number of aromatic nitrogens is 1. The van der Waals surface area contributed by atoms with Crippen molar-refractivity contribution in [3.05, 3.63) is 10.6 Å². The summed E-state index contributed by atoms with van der Waals surface area (Å²) in [5.74, 6) is 0. The van der Waals surface area contributed by atoms with Gasteiger partial charge in [-0.2, -0.15) is 0 Å². The van der Waals surface area contributed by atoms with Crippen LogP contribution in [0.3, 0.4) is 0 Å². The Morgan fingerprint density at radius 1 is 1.37 bits per heavy atom. The fourth-order valence-corrected chi connectivity index (χ4v) is 4.95. The molecular formula is C15H25N3S. The van der Waals surface area contributed by atoms with Crippen LogP contribution in [0.1, 0.15) is 62.6 Å². The van der Waals surface area contributed by atoms with Crippen molar-refractivity contribution in [3.63, 3.8) is 0 Å². The van der Waals surface area contributed by atoms with Gasteiger partial charge in [-0.05, 0) is 52.5 Å². The molecule has 3 rings (SSSR count). The first-order chi connectivity index (χ1) is 9.24. The van der Waals surface area contributed by atoms with E-state index in [1.165, 1.54) is 54.2 Å². The molecule has 1 N–H and O–H groups in total. The Morgan fingerprint density at radius 2 is 2.21 bits per heavy atom. The molecule has 1 aromatic rings. The average molecular weight is 279 g/mol. The first-order valence-corrected chi connectivity index (χ1v) is 8.51. The quantitative estimate of drug-likeness (QED) is 0.918. The van der Waals surface area contributed by atoms with Crippen molar-refractivity contribution in [2.75, 3.05) is 11.9 Å². The Bertz CT molecular complexity index is 443. The molecular weight excluding hydrogens is 254 g/mol. The van der Waals surface area contributed by atoms with Crippen LogP contribution in [-0.2, 0) is 6.42 Å². The minimum absolute atomic E-state index is 0.478.